The van der Waals surface area contributed by atoms with Crippen LogP contribution in [-0.4, -0.2) is 15.5 Å². The first kappa shape index (κ1) is 18.9. The van der Waals surface area contributed by atoms with Gasteiger partial charge in [0.15, 0.2) is 0 Å². The molecule has 29 heavy (non-hydrogen) atoms. The van der Waals surface area contributed by atoms with Crippen LogP contribution in [0.4, 0.5) is 4.39 Å². The Morgan fingerprint density at radius 3 is 2.59 bits per heavy atom. The van der Waals surface area contributed by atoms with E-state index in [1.807, 2.05) is 54.7 Å². The number of rotatable bonds is 7. The van der Waals surface area contributed by atoms with Crippen LogP contribution in [0.1, 0.15) is 23.2 Å². The number of carbonyl (C=O) groups is 1. The fourth-order valence-corrected chi connectivity index (χ4v) is 3.49. The van der Waals surface area contributed by atoms with Crippen LogP contribution in [0.2, 0.25) is 0 Å². The second-order valence-electron chi connectivity index (χ2n) is 6.99. The molecule has 0 aliphatic carbocycles. The van der Waals surface area contributed by atoms with Gasteiger partial charge in [0.1, 0.15) is 5.82 Å². The third-order valence-corrected chi connectivity index (χ3v) is 4.98. The SMILES string of the molecule is O=C(CCc1cn(Cc2ccccc2F)c2ccccc12)NCc1ccccn1. The number of carbonyl (C=O) groups excluding carboxylic acids is 1. The summed E-state index contributed by atoms with van der Waals surface area (Å²) in [6.45, 7) is 0.883. The average Bonchev–Trinajstić information content (AvgIpc) is 3.11. The van der Waals surface area contributed by atoms with Crippen LogP contribution in [0.25, 0.3) is 10.9 Å². The molecule has 0 bridgehead atoms. The number of fused-ring (bicyclic) bond motifs is 1. The largest absolute Gasteiger partial charge is 0.350 e. The highest BCUT2D eigenvalue weighted by molar-refractivity contribution is 5.85. The minimum absolute atomic E-state index is 0.0124. The lowest BCUT2D eigenvalue weighted by atomic mass is 10.1. The number of amides is 1. The zero-order chi connectivity index (χ0) is 20.1. The van der Waals surface area contributed by atoms with Gasteiger partial charge in [-0.3, -0.25) is 9.78 Å². The van der Waals surface area contributed by atoms with E-state index in [0.717, 1.165) is 22.2 Å². The van der Waals surface area contributed by atoms with Crippen molar-refractivity contribution in [2.24, 2.45) is 0 Å². The summed E-state index contributed by atoms with van der Waals surface area (Å²) in [6.07, 6.45) is 4.76. The highest BCUT2D eigenvalue weighted by Gasteiger charge is 2.12. The molecule has 0 unspecified atom stereocenters. The minimum atomic E-state index is -0.208. The Bertz CT molecular complexity index is 1120. The molecule has 5 heteroatoms. The molecule has 0 fully saturated rings. The van der Waals surface area contributed by atoms with Crippen LogP contribution in [0, 0.1) is 5.82 Å². The molecule has 4 nitrogen and oxygen atoms in total. The summed E-state index contributed by atoms with van der Waals surface area (Å²) in [5.41, 5.74) is 3.61. The van der Waals surface area contributed by atoms with Crippen LogP contribution in [0.3, 0.4) is 0 Å². The van der Waals surface area contributed by atoms with Gasteiger partial charge in [0.25, 0.3) is 0 Å². The molecular formula is C24H22FN3O. The normalized spacial score (nSPS) is 10.9. The molecule has 0 radical (unpaired) electrons. The average molecular weight is 387 g/mol. The summed E-state index contributed by atoms with van der Waals surface area (Å²) in [7, 11) is 0. The van der Waals surface area contributed by atoms with E-state index in [-0.39, 0.29) is 11.7 Å². The molecule has 0 saturated heterocycles. The molecule has 0 aliphatic rings. The van der Waals surface area contributed by atoms with Gasteiger partial charge in [-0.15, -0.1) is 0 Å². The molecule has 2 aromatic heterocycles. The summed E-state index contributed by atoms with van der Waals surface area (Å²) in [5, 5.41) is 4.01. The number of nitrogens with zero attached hydrogens (tertiary/aromatic N) is 2. The number of hydrogen-bond donors (Lipinski definition) is 1. The molecule has 0 aliphatic heterocycles. The van der Waals surface area contributed by atoms with E-state index < -0.39 is 0 Å². The van der Waals surface area contributed by atoms with Crippen molar-refractivity contribution < 1.29 is 9.18 Å². The topological polar surface area (TPSA) is 46.9 Å². The molecule has 2 heterocycles. The van der Waals surface area contributed by atoms with Crippen LogP contribution in [0.5, 0.6) is 0 Å². The zero-order valence-electron chi connectivity index (χ0n) is 16.0. The molecule has 4 aromatic rings. The Kier molecular flexibility index (Phi) is 5.66. The van der Waals surface area contributed by atoms with Gasteiger partial charge >= 0.3 is 0 Å². The Morgan fingerprint density at radius 1 is 0.966 bits per heavy atom. The van der Waals surface area contributed by atoms with E-state index in [4.69, 9.17) is 0 Å². The van der Waals surface area contributed by atoms with Crippen LogP contribution < -0.4 is 5.32 Å². The number of benzene rings is 2. The van der Waals surface area contributed by atoms with Crippen molar-refractivity contribution in [1.29, 1.82) is 0 Å². The van der Waals surface area contributed by atoms with Gasteiger partial charge in [-0.05, 0) is 36.2 Å². The minimum Gasteiger partial charge on any atom is -0.350 e. The van der Waals surface area contributed by atoms with Crippen molar-refractivity contribution in [2.75, 3.05) is 0 Å². The first-order chi connectivity index (χ1) is 14.2. The highest BCUT2D eigenvalue weighted by atomic mass is 19.1. The first-order valence-corrected chi connectivity index (χ1v) is 9.67. The standard InChI is InChI=1S/C24H22FN3O/c25-22-10-3-1-7-19(22)17-28-16-18(21-9-2-4-11-23(21)28)12-13-24(29)27-15-20-8-5-6-14-26-20/h1-11,14,16H,12-13,15,17H2,(H,27,29). The summed E-state index contributed by atoms with van der Waals surface area (Å²) in [4.78, 5) is 16.5. The maximum absolute atomic E-state index is 14.1. The number of hydrogen-bond acceptors (Lipinski definition) is 2. The number of halogens is 1. The monoisotopic (exact) mass is 387 g/mol. The second kappa shape index (κ2) is 8.69. The van der Waals surface area contributed by atoms with Crippen LogP contribution in [0.15, 0.2) is 79.1 Å². The Labute approximate surface area is 169 Å². The summed E-state index contributed by atoms with van der Waals surface area (Å²) in [6, 6.07) is 20.5. The van der Waals surface area contributed by atoms with Gasteiger partial charge in [-0.1, -0.05) is 42.5 Å². The zero-order valence-corrected chi connectivity index (χ0v) is 16.0. The Morgan fingerprint density at radius 2 is 1.76 bits per heavy atom. The van der Waals surface area contributed by atoms with Gasteiger partial charge in [-0.2, -0.15) is 0 Å². The van der Waals surface area contributed by atoms with Crippen molar-refractivity contribution in [3.8, 4) is 0 Å². The number of aryl methyl sites for hydroxylation is 1. The Hall–Kier alpha value is -3.47. The maximum atomic E-state index is 14.1. The second-order valence-corrected chi connectivity index (χ2v) is 6.99. The number of pyridine rings is 1. The smallest absolute Gasteiger partial charge is 0.220 e. The van der Waals surface area contributed by atoms with Crippen molar-refractivity contribution in [3.05, 3.63) is 102 Å². The van der Waals surface area contributed by atoms with Crippen molar-refractivity contribution in [1.82, 2.24) is 14.9 Å². The van der Waals surface area contributed by atoms with Crippen LogP contribution >= 0.6 is 0 Å². The summed E-state index contributed by atoms with van der Waals surface area (Å²) >= 11 is 0. The van der Waals surface area contributed by atoms with Crippen molar-refractivity contribution in [3.63, 3.8) is 0 Å². The lowest BCUT2D eigenvalue weighted by Crippen LogP contribution is -2.23. The number of para-hydroxylation sites is 1. The van der Waals surface area contributed by atoms with E-state index in [2.05, 4.69) is 14.9 Å². The molecule has 1 N–H and O–H groups in total. The predicted molar refractivity (Wildman–Crippen MR) is 112 cm³/mol. The molecular weight excluding hydrogens is 365 g/mol. The lowest BCUT2D eigenvalue weighted by molar-refractivity contribution is -0.121. The lowest BCUT2D eigenvalue weighted by Gasteiger charge is -2.06. The maximum Gasteiger partial charge on any atom is 0.220 e. The fourth-order valence-electron chi connectivity index (χ4n) is 3.49. The third-order valence-electron chi connectivity index (χ3n) is 4.98. The Balaban J connectivity index is 1.46. The predicted octanol–water partition coefficient (Wildman–Crippen LogP) is 4.47. The van der Waals surface area contributed by atoms with Gasteiger partial charge in [-0.25, -0.2) is 4.39 Å². The van der Waals surface area contributed by atoms with Gasteiger partial charge in [0, 0.05) is 35.3 Å². The van der Waals surface area contributed by atoms with Gasteiger partial charge in [0.05, 0.1) is 18.8 Å². The van der Waals surface area contributed by atoms with E-state index in [1.165, 1.54) is 6.07 Å². The number of nitrogens with one attached hydrogen (secondary N) is 1. The highest BCUT2D eigenvalue weighted by Crippen LogP contribution is 2.24. The molecule has 0 spiro atoms. The molecule has 0 saturated carbocycles. The van der Waals surface area contributed by atoms with E-state index >= 15 is 0 Å². The summed E-state index contributed by atoms with van der Waals surface area (Å²) in [5.74, 6) is -0.220. The van der Waals surface area contributed by atoms with Crippen LogP contribution in [-0.2, 0) is 24.3 Å². The van der Waals surface area contributed by atoms with E-state index in [9.17, 15) is 9.18 Å². The number of aromatic nitrogens is 2. The third kappa shape index (κ3) is 4.51. The van der Waals surface area contributed by atoms with Gasteiger partial charge < -0.3 is 9.88 Å². The van der Waals surface area contributed by atoms with E-state index in [1.54, 1.807) is 18.3 Å². The van der Waals surface area contributed by atoms with Crippen molar-refractivity contribution in [2.45, 2.75) is 25.9 Å². The molecule has 2 aromatic carbocycles. The summed E-state index contributed by atoms with van der Waals surface area (Å²) < 4.78 is 16.1. The molecule has 146 valence electrons. The fraction of sp³-hybridized carbons (Fsp3) is 0.167. The first-order valence-electron chi connectivity index (χ1n) is 9.67. The molecule has 4 rings (SSSR count). The van der Waals surface area contributed by atoms with E-state index in [0.29, 0.717) is 31.5 Å². The van der Waals surface area contributed by atoms with Crippen molar-refractivity contribution >= 4 is 16.8 Å². The molecule has 1 amide bonds. The quantitative estimate of drug-likeness (QED) is 0.508. The van der Waals surface area contributed by atoms with Gasteiger partial charge in [0.2, 0.25) is 5.91 Å². The molecule has 0 atom stereocenters.